The number of hydrogen-bond acceptors (Lipinski definition) is 4. The van der Waals surface area contributed by atoms with E-state index in [2.05, 4.69) is 15.4 Å². The van der Waals surface area contributed by atoms with E-state index in [9.17, 15) is 18.3 Å². The van der Waals surface area contributed by atoms with Gasteiger partial charge in [-0.1, -0.05) is 0 Å². The number of rotatable bonds is 3. The number of aryl methyl sites for hydroxylation is 1. The van der Waals surface area contributed by atoms with Gasteiger partial charge in [-0.05, 0) is 38.7 Å². The van der Waals surface area contributed by atoms with Gasteiger partial charge in [0, 0.05) is 18.9 Å². The van der Waals surface area contributed by atoms with Crippen LogP contribution in [0.3, 0.4) is 0 Å². The highest BCUT2D eigenvalue weighted by Gasteiger charge is 2.46. The zero-order valence-electron chi connectivity index (χ0n) is 12.8. The SMILES string of the molecule is Cc1cc2c(NC[C@]3(O)CCC[C@H](C(F)(F)F)C3)nccn2n1. The molecule has 2 N–H and O–H groups in total. The van der Waals surface area contributed by atoms with E-state index in [-0.39, 0.29) is 19.4 Å². The molecule has 0 spiro atoms. The largest absolute Gasteiger partial charge is 0.391 e. The molecule has 126 valence electrons. The highest BCUT2D eigenvalue weighted by molar-refractivity contribution is 5.67. The van der Waals surface area contributed by atoms with E-state index in [4.69, 9.17) is 0 Å². The van der Waals surface area contributed by atoms with Crippen LogP contribution in [0.25, 0.3) is 5.52 Å². The molecule has 0 radical (unpaired) electrons. The Labute approximate surface area is 131 Å². The van der Waals surface area contributed by atoms with Crippen molar-refractivity contribution in [1.29, 1.82) is 0 Å². The van der Waals surface area contributed by atoms with E-state index < -0.39 is 17.7 Å². The fourth-order valence-corrected chi connectivity index (χ4v) is 3.21. The lowest BCUT2D eigenvalue weighted by molar-refractivity contribution is -0.199. The summed E-state index contributed by atoms with van der Waals surface area (Å²) in [5, 5.41) is 17.8. The van der Waals surface area contributed by atoms with Crippen LogP contribution in [0.5, 0.6) is 0 Å². The lowest BCUT2D eigenvalue weighted by Gasteiger charge is -2.37. The van der Waals surface area contributed by atoms with Crippen LogP contribution in [0, 0.1) is 12.8 Å². The number of halogens is 3. The number of aliphatic hydroxyl groups is 1. The number of alkyl halides is 3. The molecule has 0 amide bonds. The molecule has 1 aliphatic rings. The fourth-order valence-electron chi connectivity index (χ4n) is 3.21. The standard InChI is InChI=1S/C15H19F3N4O/c1-10-7-12-13(19-5-6-22(12)21-10)20-9-14(23)4-2-3-11(8-14)15(16,17)18/h5-7,11,23H,2-4,8-9H2,1H3,(H,19,20)/t11-,14-/m0/s1. The van der Waals surface area contributed by atoms with Gasteiger partial charge in [0.25, 0.3) is 0 Å². The van der Waals surface area contributed by atoms with Gasteiger partial charge in [-0.3, -0.25) is 0 Å². The molecule has 0 aromatic carbocycles. The van der Waals surface area contributed by atoms with Gasteiger partial charge in [0.05, 0.1) is 17.2 Å². The number of nitrogens with one attached hydrogen (secondary N) is 1. The van der Waals surface area contributed by atoms with Gasteiger partial charge in [-0.2, -0.15) is 18.3 Å². The molecule has 2 aromatic rings. The first-order valence-electron chi connectivity index (χ1n) is 7.61. The van der Waals surface area contributed by atoms with E-state index in [0.717, 1.165) is 11.2 Å². The Kier molecular flexibility index (Phi) is 3.95. The average molecular weight is 328 g/mol. The maximum atomic E-state index is 12.9. The van der Waals surface area contributed by atoms with Crippen LogP contribution < -0.4 is 5.32 Å². The summed E-state index contributed by atoms with van der Waals surface area (Å²) in [6.45, 7) is 1.88. The zero-order valence-corrected chi connectivity index (χ0v) is 12.8. The minimum Gasteiger partial charge on any atom is -0.388 e. The van der Waals surface area contributed by atoms with Crippen molar-refractivity contribution in [2.75, 3.05) is 11.9 Å². The smallest absolute Gasteiger partial charge is 0.388 e. The van der Waals surface area contributed by atoms with Gasteiger partial charge in [-0.25, -0.2) is 9.50 Å². The molecule has 5 nitrogen and oxygen atoms in total. The van der Waals surface area contributed by atoms with Gasteiger partial charge < -0.3 is 10.4 Å². The van der Waals surface area contributed by atoms with Crippen LogP contribution in [0.4, 0.5) is 19.0 Å². The van der Waals surface area contributed by atoms with Gasteiger partial charge in [-0.15, -0.1) is 0 Å². The van der Waals surface area contributed by atoms with Crippen molar-refractivity contribution in [3.63, 3.8) is 0 Å². The van der Waals surface area contributed by atoms with Crippen molar-refractivity contribution in [2.45, 2.75) is 44.4 Å². The molecule has 2 heterocycles. The monoisotopic (exact) mass is 328 g/mol. The molecule has 23 heavy (non-hydrogen) atoms. The molecule has 0 aliphatic heterocycles. The molecule has 1 fully saturated rings. The quantitative estimate of drug-likeness (QED) is 0.909. The summed E-state index contributed by atoms with van der Waals surface area (Å²) in [5.41, 5.74) is 0.175. The first-order valence-corrected chi connectivity index (χ1v) is 7.61. The van der Waals surface area contributed by atoms with Crippen LogP contribution in [-0.2, 0) is 0 Å². The van der Waals surface area contributed by atoms with Crippen molar-refractivity contribution in [1.82, 2.24) is 14.6 Å². The molecule has 3 rings (SSSR count). The minimum atomic E-state index is -4.25. The Morgan fingerprint density at radius 2 is 2.26 bits per heavy atom. The molecule has 0 bridgehead atoms. The van der Waals surface area contributed by atoms with E-state index in [0.29, 0.717) is 18.7 Å². The second-order valence-corrected chi connectivity index (χ2v) is 6.30. The van der Waals surface area contributed by atoms with Crippen molar-refractivity contribution < 1.29 is 18.3 Å². The lowest BCUT2D eigenvalue weighted by Crippen LogP contribution is -2.45. The Morgan fingerprint density at radius 1 is 1.48 bits per heavy atom. The van der Waals surface area contributed by atoms with Crippen molar-refractivity contribution >= 4 is 11.3 Å². The third-order valence-electron chi connectivity index (χ3n) is 4.38. The minimum absolute atomic E-state index is 0.0382. The summed E-state index contributed by atoms with van der Waals surface area (Å²) in [6.07, 6.45) is -0.463. The Bertz CT molecular complexity index is 700. The second-order valence-electron chi connectivity index (χ2n) is 6.30. The van der Waals surface area contributed by atoms with Crippen LogP contribution in [0.1, 0.15) is 31.4 Å². The Hall–Kier alpha value is -1.83. The normalized spacial score (nSPS) is 25.7. The molecule has 0 saturated heterocycles. The zero-order chi connectivity index (χ0) is 16.7. The number of fused-ring (bicyclic) bond motifs is 1. The van der Waals surface area contributed by atoms with Crippen LogP contribution in [0.15, 0.2) is 18.5 Å². The second kappa shape index (κ2) is 5.67. The highest BCUT2D eigenvalue weighted by atomic mass is 19.4. The van der Waals surface area contributed by atoms with Crippen molar-refractivity contribution in [3.8, 4) is 0 Å². The molecule has 1 saturated carbocycles. The van der Waals surface area contributed by atoms with Gasteiger partial charge in [0.15, 0.2) is 5.82 Å². The number of aromatic nitrogens is 3. The summed E-state index contributed by atoms with van der Waals surface area (Å²) in [7, 11) is 0. The van der Waals surface area contributed by atoms with E-state index in [1.165, 1.54) is 0 Å². The first kappa shape index (κ1) is 16.0. The van der Waals surface area contributed by atoms with E-state index >= 15 is 0 Å². The summed E-state index contributed by atoms with van der Waals surface area (Å²) in [6, 6.07) is 1.83. The predicted molar refractivity (Wildman–Crippen MR) is 79.2 cm³/mol. The van der Waals surface area contributed by atoms with Crippen molar-refractivity contribution in [2.24, 2.45) is 5.92 Å². The fraction of sp³-hybridized carbons (Fsp3) is 0.600. The lowest BCUT2D eigenvalue weighted by atomic mass is 9.77. The predicted octanol–water partition coefficient (Wildman–Crippen LogP) is 2.93. The van der Waals surface area contributed by atoms with Crippen LogP contribution >= 0.6 is 0 Å². The molecule has 2 atom stereocenters. The van der Waals surface area contributed by atoms with Crippen LogP contribution in [-0.4, -0.2) is 38.0 Å². The topological polar surface area (TPSA) is 62.5 Å². The summed E-state index contributed by atoms with van der Waals surface area (Å²) < 4.78 is 40.4. The Balaban J connectivity index is 1.73. The molecule has 0 unspecified atom stereocenters. The molecular formula is C15H19F3N4O. The third-order valence-corrected chi connectivity index (χ3v) is 4.38. The van der Waals surface area contributed by atoms with E-state index in [1.54, 1.807) is 16.9 Å². The Morgan fingerprint density at radius 3 is 3.00 bits per heavy atom. The third kappa shape index (κ3) is 3.41. The summed E-state index contributed by atoms with van der Waals surface area (Å²) >= 11 is 0. The highest BCUT2D eigenvalue weighted by Crippen LogP contribution is 2.41. The summed E-state index contributed by atoms with van der Waals surface area (Å²) in [5.74, 6) is -0.931. The number of nitrogens with zero attached hydrogens (tertiary/aromatic N) is 3. The molecule has 1 aliphatic carbocycles. The molecular weight excluding hydrogens is 309 g/mol. The van der Waals surface area contributed by atoms with Gasteiger partial charge in [0.1, 0.15) is 5.52 Å². The maximum Gasteiger partial charge on any atom is 0.391 e. The number of hydrogen-bond donors (Lipinski definition) is 2. The number of anilines is 1. The summed E-state index contributed by atoms with van der Waals surface area (Å²) in [4.78, 5) is 4.20. The van der Waals surface area contributed by atoms with E-state index in [1.807, 2.05) is 13.0 Å². The molecule has 2 aromatic heterocycles. The van der Waals surface area contributed by atoms with Crippen LogP contribution in [0.2, 0.25) is 0 Å². The first-order chi connectivity index (χ1) is 10.8. The molecule has 8 heteroatoms. The van der Waals surface area contributed by atoms with Gasteiger partial charge in [0.2, 0.25) is 0 Å². The average Bonchev–Trinajstić information content (AvgIpc) is 2.85. The van der Waals surface area contributed by atoms with Gasteiger partial charge >= 0.3 is 6.18 Å². The van der Waals surface area contributed by atoms with Crippen molar-refractivity contribution in [3.05, 3.63) is 24.2 Å². The maximum absolute atomic E-state index is 12.9.